The molecule has 0 amide bonds. The van der Waals surface area contributed by atoms with E-state index in [-0.39, 0.29) is 6.04 Å². The van der Waals surface area contributed by atoms with Gasteiger partial charge in [-0.1, -0.05) is 6.92 Å². The van der Waals surface area contributed by atoms with E-state index in [0.717, 1.165) is 12.0 Å². The van der Waals surface area contributed by atoms with Crippen LogP contribution in [0.1, 0.15) is 25.8 Å². The van der Waals surface area contributed by atoms with Gasteiger partial charge in [0.1, 0.15) is 6.04 Å². The molecule has 1 aromatic rings. The Bertz CT molecular complexity index is 327. The minimum absolute atomic E-state index is 0.211. The molecule has 0 spiro atoms. The molecule has 4 nitrogen and oxygen atoms in total. The molecular formula is C12H18N2O2. The summed E-state index contributed by atoms with van der Waals surface area (Å²) >= 11 is 0. The zero-order chi connectivity index (χ0) is 12.0. The molecule has 0 saturated carbocycles. The molecule has 0 fully saturated rings. The monoisotopic (exact) mass is 222 g/mol. The van der Waals surface area contributed by atoms with E-state index in [1.54, 1.807) is 12.4 Å². The van der Waals surface area contributed by atoms with E-state index in [1.165, 1.54) is 0 Å². The molecule has 0 aliphatic heterocycles. The van der Waals surface area contributed by atoms with Gasteiger partial charge in [-0.3, -0.25) is 9.78 Å². The fraction of sp³-hybridized carbons (Fsp3) is 0.500. The van der Waals surface area contributed by atoms with Gasteiger partial charge in [0.15, 0.2) is 0 Å². The maximum Gasteiger partial charge on any atom is 0.321 e. The second-order valence-corrected chi connectivity index (χ2v) is 3.93. The Morgan fingerprint density at radius 3 is 2.62 bits per heavy atom. The molecule has 88 valence electrons. The van der Waals surface area contributed by atoms with Crippen LogP contribution in [0.25, 0.3) is 0 Å². The summed E-state index contributed by atoms with van der Waals surface area (Å²) in [7, 11) is 0. The molecule has 1 rings (SSSR count). The maximum absolute atomic E-state index is 11.1. The number of aliphatic carboxylic acids is 1. The van der Waals surface area contributed by atoms with Gasteiger partial charge in [-0.15, -0.1) is 0 Å². The Kier molecular flexibility index (Phi) is 4.92. The molecule has 2 unspecified atom stereocenters. The second kappa shape index (κ2) is 6.23. The van der Waals surface area contributed by atoms with E-state index in [4.69, 9.17) is 5.11 Å². The van der Waals surface area contributed by atoms with Crippen LogP contribution < -0.4 is 5.32 Å². The van der Waals surface area contributed by atoms with Gasteiger partial charge in [0.2, 0.25) is 0 Å². The van der Waals surface area contributed by atoms with Crippen LogP contribution in [0, 0.1) is 0 Å². The molecule has 1 heterocycles. The van der Waals surface area contributed by atoms with E-state index in [1.807, 2.05) is 26.0 Å². The zero-order valence-electron chi connectivity index (χ0n) is 9.68. The molecule has 4 heteroatoms. The fourth-order valence-electron chi connectivity index (χ4n) is 1.43. The van der Waals surface area contributed by atoms with Crippen molar-refractivity contribution in [3.8, 4) is 0 Å². The van der Waals surface area contributed by atoms with Crippen molar-refractivity contribution in [1.29, 1.82) is 0 Å². The van der Waals surface area contributed by atoms with Gasteiger partial charge in [0.25, 0.3) is 0 Å². The van der Waals surface area contributed by atoms with Gasteiger partial charge >= 0.3 is 5.97 Å². The third-order valence-corrected chi connectivity index (χ3v) is 2.59. The van der Waals surface area contributed by atoms with E-state index in [2.05, 4.69) is 10.3 Å². The molecule has 2 N–H and O–H groups in total. The minimum atomic E-state index is -0.808. The zero-order valence-corrected chi connectivity index (χ0v) is 9.68. The van der Waals surface area contributed by atoms with Crippen LogP contribution in [-0.2, 0) is 11.2 Å². The molecule has 0 aliphatic rings. The molecule has 0 bridgehead atoms. The average Bonchev–Trinajstić information content (AvgIpc) is 2.29. The molecule has 0 aliphatic carbocycles. The molecule has 1 aromatic heterocycles. The van der Waals surface area contributed by atoms with Crippen LogP contribution >= 0.6 is 0 Å². The lowest BCUT2D eigenvalue weighted by atomic mass is 10.1. The summed E-state index contributed by atoms with van der Waals surface area (Å²) in [5.41, 5.74) is 0.984. The highest BCUT2D eigenvalue weighted by molar-refractivity contribution is 5.73. The van der Waals surface area contributed by atoms with Crippen molar-refractivity contribution < 1.29 is 9.90 Å². The molecule has 0 radical (unpaired) electrons. The van der Waals surface area contributed by atoms with Crippen molar-refractivity contribution in [2.75, 3.05) is 0 Å². The summed E-state index contributed by atoms with van der Waals surface area (Å²) in [5, 5.41) is 12.2. The number of hydrogen-bond donors (Lipinski definition) is 2. The van der Waals surface area contributed by atoms with E-state index >= 15 is 0 Å². The molecule has 0 aromatic carbocycles. The maximum atomic E-state index is 11.1. The van der Waals surface area contributed by atoms with Gasteiger partial charge in [-0.05, 0) is 37.5 Å². The lowest BCUT2D eigenvalue weighted by molar-refractivity contribution is -0.139. The van der Waals surface area contributed by atoms with E-state index < -0.39 is 12.0 Å². The summed E-state index contributed by atoms with van der Waals surface area (Å²) in [6.45, 7) is 4.02. The standard InChI is InChI=1S/C12H18N2O2/c1-3-9(2)14-11(12(15)16)8-10-4-6-13-7-5-10/h4-7,9,11,14H,3,8H2,1-2H3,(H,15,16). The number of nitrogens with zero attached hydrogens (tertiary/aromatic N) is 1. The summed E-state index contributed by atoms with van der Waals surface area (Å²) in [4.78, 5) is 15.0. The van der Waals surface area contributed by atoms with Gasteiger partial charge in [0.05, 0.1) is 0 Å². The summed E-state index contributed by atoms with van der Waals surface area (Å²) in [6.07, 6.45) is 4.76. The first kappa shape index (κ1) is 12.6. The highest BCUT2D eigenvalue weighted by Gasteiger charge is 2.19. The first-order chi connectivity index (χ1) is 7.63. The number of carbonyl (C=O) groups is 1. The molecule has 0 saturated heterocycles. The summed E-state index contributed by atoms with van der Waals surface area (Å²) < 4.78 is 0. The molecular weight excluding hydrogens is 204 g/mol. The Morgan fingerprint density at radius 1 is 1.50 bits per heavy atom. The van der Waals surface area contributed by atoms with Gasteiger partial charge in [-0.25, -0.2) is 0 Å². The van der Waals surface area contributed by atoms with Crippen LogP contribution in [0.15, 0.2) is 24.5 Å². The Morgan fingerprint density at radius 2 is 2.12 bits per heavy atom. The topological polar surface area (TPSA) is 62.2 Å². The predicted molar refractivity (Wildman–Crippen MR) is 62.3 cm³/mol. The third-order valence-electron chi connectivity index (χ3n) is 2.59. The van der Waals surface area contributed by atoms with Crippen molar-refractivity contribution in [2.45, 2.75) is 38.8 Å². The lowest BCUT2D eigenvalue weighted by Crippen LogP contribution is -2.43. The average molecular weight is 222 g/mol. The lowest BCUT2D eigenvalue weighted by Gasteiger charge is -2.18. The van der Waals surface area contributed by atoms with Crippen LogP contribution in [0.5, 0.6) is 0 Å². The first-order valence-electron chi connectivity index (χ1n) is 5.51. The summed E-state index contributed by atoms with van der Waals surface area (Å²) in [6, 6.07) is 3.36. The molecule has 2 atom stereocenters. The molecule has 16 heavy (non-hydrogen) atoms. The minimum Gasteiger partial charge on any atom is -0.480 e. The van der Waals surface area contributed by atoms with E-state index in [0.29, 0.717) is 6.42 Å². The quantitative estimate of drug-likeness (QED) is 0.765. The van der Waals surface area contributed by atoms with Crippen LogP contribution in [-0.4, -0.2) is 28.1 Å². The van der Waals surface area contributed by atoms with Crippen molar-refractivity contribution in [2.24, 2.45) is 0 Å². The van der Waals surface area contributed by atoms with Crippen LogP contribution in [0.2, 0.25) is 0 Å². The third kappa shape index (κ3) is 3.98. The number of pyridine rings is 1. The van der Waals surface area contributed by atoms with Gasteiger partial charge < -0.3 is 10.4 Å². The summed E-state index contributed by atoms with van der Waals surface area (Å²) in [5.74, 6) is -0.808. The van der Waals surface area contributed by atoms with Gasteiger partial charge in [0, 0.05) is 18.4 Å². The van der Waals surface area contributed by atoms with Crippen molar-refractivity contribution in [3.63, 3.8) is 0 Å². The number of rotatable bonds is 6. The first-order valence-corrected chi connectivity index (χ1v) is 5.51. The predicted octanol–water partition coefficient (Wildman–Crippen LogP) is 1.47. The number of carboxylic acids is 1. The smallest absolute Gasteiger partial charge is 0.321 e. The number of hydrogen-bond acceptors (Lipinski definition) is 3. The van der Waals surface area contributed by atoms with E-state index in [9.17, 15) is 4.79 Å². The van der Waals surface area contributed by atoms with Crippen molar-refractivity contribution >= 4 is 5.97 Å². The largest absolute Gasteiger partial charge is 0.480 e. The highest BCUT2D eigenvalue weighted by atomic mass is 16.4. The van der Waals surface area contributed by atoms with Gasteiger partial charge in [-0.2, -0.15) is 0 Å². The number of aromatic nitrogens is 1. The highest BCUT2D eigenvalue weighted by Crippen LogP contribution is 2.03. The van der Waals surface area contributed by atoms with Crippen molar-refractivity contribution in [3.05, 3.63) is 30.1 Å². The van der Waals surface area contributed by atoms with Crippen LogP contribution in [0.4, 0.5) is 0 Å². The Hall–Kier alpha value is -1.42. The number of carboxylic acid groups (broad SMARTS) is 1. The second-order valence-electron chi connectivity index (χ2n) is 3.93. The Balaban J connectivity index is 2.62. The normalized spacial score (nSPS) is 14.4. The Labute approximate surface area is 95.7 Å². The van der Waals surface area contributed by atoms with Crippen molar-refractivity contribution in [1.82, 2.24) is 10.3 Å². The fourth-order valence-corrected chi connectivity index (χ4v) is 1.43. The number of nitrogens with one attached hydrogen (secondary N) is 1. The van der Waals surface area contributed by atoms with Crippen LogP contribution in [0.3, 0.4) is 0 Å². The SMILES string of the molecule is CCC(C)NC(Cc1ccncc1)C(=O)O.